The van der Waals surface area contributed by atoms with Gasteiger partial charge < -0.3 is 5.32 Å². The van der Waals surface area contributed by atoms with Gasteiger partial charge >= 0.3 is 0 Å². The molecule has 1 fully saturated rings. The van der Waals surface area contributed by atoms with E-state index in [2.05, 4.69) is 44.2 Å². The SMILES string of the molecule is CCCC1CNC(C(C)(C)C)CN1CCSC. The van der Waals surface area contributed by atoms with Gasteiger partial charge in [-0.15, -0.1) is 0 Å². The Balaban J connectivity index is 2.56. The predicted molar refractivity (Wildman–Crippen MR) is 79.9 cm³/mol. The summed E-state index contributed by atoms with van der Waals surface area (Å²) in [7, 11) is 0. The second-order valence-electron chi connectivity index (χ2n) is 6.26. The van der Waals surface area contributed by atoms with Crippen LogP contribution in [0.2, 0.25) is 0 Å². The second-order valence-corrected chi connectivity index (χ2v) is 7.24. The molecular formula is C14H30N2S. The average molecular weight is 258 g/mol. The topological polar surface area (TPSA) is 15.3 Å². The molecule has 0 amide bonds. The van der Waals surface area contributed by atoms with Crippen molar-refractivity contribution in [3.8, 4) is 0 Å². The zero-order chi connectivity index (χ0) is 12.9. The Hall–Kier alpha value is 0.270. The number of rotatable bonds is 5. The van der Waals surface area contributed by atoms with Crippen molar-refractivity contribution < 1.29 is 0 Å². The summed E-state index contributed by atoms with van der Waals surface area (Å²) in [6, 6.07) is 1.39. The monoisotopic (exact) mass is 258 g/mol. The summed E-state index contributed by atoms with van der Waals surface area (Å²) in [5.74, 6) is 1.26. The lowest BCUT2D eigenvalue weighted by Crippen LogP contribution is -2.60. The Kier molecular flexibility index (Phi) is 6.32. The fourth-order valence-corrected chi connectivity index (χ4v) is 2.95. The van der Waals surface area contributed by atoms with Gasteiger partial charge in [0.15, 0.2) is 0 Å². The van der Waals surface area contributed by atoms with Crippen molar-refractivity contribution in [2.45, 2.75) is 52.6 Å². The average Bonchev–Trinajstić information content (AvgIpc) is 2.26. The molecular weight excluding hydrogens is 228 g/mol. The van der Waals surface area contributed by atoms with Crippen LogP contribution in [0.25, 0.3) is 0 Å². The maximum absolute atomic E-state index is 3.75. The van der Waals surface area contributed by atoms with Gasteiger partial charge in [0.1, 0.15) is 0 Å². The standard InChI is InChI=1S/C14H30N2S/c1-6-7-12-10-15-13(14(2,3)4)11-16(12)8-9-17-5/h12-13,15H,6-11H2,1-5H3. The number of hydrogen-bond acceptors (Lipinski definition) is 3. The largest absolute Gasteiger partial charge is 0.311 e. The van der Waals surface area contributed by atoms with Crippen molar-refractivity contribution in [2.24, 2.45) is 5.41 Å². The van der Waals surface area contributed by atoms with Crippen LogP contribution in [0.1, 0.15) is 40.5 Å². The van der Waals surface area contributed by atoms with Crippen LogP contribution >= 0.6 is 11.8 Å². The molecule has 1 aliphatic rings. The highest BCUT2D eigenvalue weighted by Gasteiger charge is 2.33. The Morgan fingerprint density at radius 3 is 2.59 bits per heavy atom. The van der Waals surface area contributed by atoms with Crippen molar-refractivity contribution in [3.05, 3.63) is 0 Å². The Morgan fingerprint density at radius 1 is 1.35 bits per heavy atom. The first-order valence-electron chi connectivity index (χ1n) is 6.95. The van der Waals surface area contributed by atoms with E-state index in [1.165, 1.54) is 38.2 Å². The maximum atomic E-state index is 3.75. The van der Waals surface area contributed by atoms with Crippen LogP contribution in [0, 0.1) is 5.41 Å². The molecule has 17 heavy (non-hydrogen) atoms. The molecule has 2 atom stereocenters. The van der Waals surface area contributed by atoms with Crippen LogP contribution in [-0.4, -0.2) is 48.6 Å². The third-order valence-electron chi connectivity index (χ3n) is 3.78. The summed E-state index contributed by atoms with van der Waals surface area (Å²) in [5, 5.41) is 3.75. The van der Waals surface area contributed by atoms with Gasteiger partial charge in [-0.05, 0) is 18.1 Å². The van der Waals surface area contributed by atoms with Crippen LogP contribution in [0.15, 0.2) is 0 Å². The van der Waals surface area contributed by atoms with Gasteiger partial charge in [0.05, 0.1) is 0 Å². The highest BCUT2D eigenvalue weighted by atomic mass is 32.2. The Morgan fingerprint density at radius 2 is 2.06 bits per heavy atom. The van der Waals surface area contributed by atoms with Crippen LogP contribution in [0.3, 0.4) is 0 Å². The summed E-state index contributed by atoms with van der Waals surface area (Å²) in [4.78, 5) is 2.71. The van der Waals surface area contributed by atoms with E-state index in [0.29, 0.717) is 11.5 Å². The van der Waals surface area contributed by atoms with Gasteiger partial charge in [0, 0.05) is 37.5 Å². The lowest BCUT2D eigenvalue weighted by molar-refractivity contribution is 0.0866. The molecule has 2 unspecified atom stereocenters. The number of hydrogen-bond donors (Lipinski definition) is 1. The molecule has 0 aromatic rings. The smallest absolute Gasteiger partial charge is 0.0244 e. The third-order valence-corrected chi connectivity index (χ3v) is 4.37. The van der Waals surface area contributed by atoms with E-state index in [0.717, 1.165) is 6.04 Å². The van der Waals surface area contributed by atoms with Crippen LogP contribution < -0.4 is 5.32 Å². The second kappa shape index (κ2) is 7.01. The molecule has 2 nitrogen and oxygen atoms in total. The number of thioether (sulfide) groups is 1. The van der Waals surface area contributed by atoms with Gasteiger partial charge in [-0.25, -0.2) is 0 Å². The molecule has 1 rings (SSSR count). The van der Waals surface area contributed by atoms with Crippen LogP contribution in [0.4, 0.5) is 0 Å². The lowest BCUT2D eigenvalue weighted by Gasteiger charge is -2.45. The van der Waals surface area contributed by atoms with Gasteiger partial charge in [-0.2, -0.15) is 11.8 Å². The van der Waals surface area contributed by atoms with Gasteiger partial charge in [0.2, 0.25) is 0 Å². The fourth-order valence-electron chi connectivity index (χ4n) is 2.54. The van der Waals surface area contributed by atoms with E-state index in [-0.39, 0.29) is 0 Å². The zero-order valence-corrected chi connectivity index (χ0v) is 13.1. The van der Waals surface area contributed by atoms with Crippen molar-refractivity contribution in [1.82, 2.24) is 10.2 Å². The fraction of sp³-hybridized carbons (Fsp3) is 1.00. The summed E-state index contributed by atoms with van der Waals surface area (Å²) in [5.41, 5.74) is 0.370. The van der Waals surface area contributed by atoms with E-state index in [1.54, 1.807) is 0 Å². The van der Waals surface area contributed by atoms with E-state index in [4.69, 9.17) is 0 Å². The molecule has 0 spiro atoms. The number of piperazine rings is 1. The van der Waals surface area contributed by atoms with E-state index in [1.807, 2.05) is 11.8 Å². The molecule has 1 N–H and O–H groups in total. The van der Waals surface area contributed by atoms with Gasteiger partial charge in [0.25, 0.3) is 0 Å². The molecule has 0 saturated carbocycles. The molecule has 0 radical (unpaired) electrons. The van der Waals surface area contributed by atoms with Crippen LogP contribution in [0.5, 0.6) is 0 Å². The molecule has 0 bridgehead atoms. The first kappa shape index (κ1) is 15.3. The summed E-state index contributed by atoms with van der Waals surface area (Å²) in [6.07, 6.45) is 4.83. The van der Waals surface area contributed by atoms with Crippen molar-refractivity contribution >= 4 is 11.8 Å². The number of nitrogens with one attached hydrogen (secondary N) is 1. The Bertz CT molecular complexity index is 213. The molecule has 3 heteroatoms. The molecule has 1 heterocycles. The predicted octanol–water partition coefficient (Wildman–Crippen LogP) is 2.84. The first-order valence-corrected chi connectivity index (χ1v) is 8.34. The highest BCUT2D eigenvalue weighted by Crippen LogP contribution is 2.24. The molecule has 1 aliphatic heterocycles. The summed E-state index contributed by atoms with van der Waals surface area (Å²) < 4.78 is 0. The van der Waals surface area contributed by atoms with Crippen molar-refractivity contribution in [3.63, 3.8) is 0 Å². The normalized spacial score (nSPS) is 27.4. The van der Waals surface area contributed by atoms with Gasteiger partial charge in [-0.3, -0.25) is 4.90 Å². The molecule has 102 valence electrons. The first-order chi connectivity index (χ1) is 7.99. The lowest BCUT2D eigenvalue weighted by atomic mass is 9.84. The van der Waals surface area contributed by atoms with E-state index < -0.39 is 0 Å². The van der Waals surface area contributed by atoms with Crippen molar-refractivity contribution in [1.29, 1.82) is 0 Å². The molecule has 0 aliphatic carbocycles. The quantitative estimate of drug-likeness (QED) is 0.816. The molecule has 1 saturated heterocycles. The van der Waals surface area contributed by atoms with Gasteiger partial charge in [-0.1, -0.05) is 34.1 Å². The Labute approximate surface area is 112 Å². The minimum absolute atomic E-state index is 0.370. The number of nitrogens with zero attached hydrogens (tertiary/aromatic N) is 1. The van der Waals surface area contributed by atoms with E-state index >= 15 is 0 Å². The minimum Gasteiger partial charge on any atom is -0.311 e. The minimum atomic E-state index is 0.370. The molecule has 0 aromatic carbocycles. The highest BCUT2D eigenvalue weighted by molar-refractivity contribution is 7.98. The summed E-state index contributed by atoms with van der Waals surface area (Å²) >= 11 is 1.96. The van der Waals surface area contributed by atoms with E-state index in [9.17, 15) is 0 Å². The summed E-state index contributed by atoms with van der Waals surface area (Å²) in [6.45, 7) is 13.0. The van der Waals surface area contributed by atoms with Crippen molar-refractivity contribution in [2.75, 3.05) is 31.6 Å². The third kappa shape index (κ3) is 4.80. The van der Waals surface area contributed by atoms with Crippen LogP contribution in [-0.2, 0) is 0 Å². The zero-order valence-electron chi connectivity index (χ0n) is 12.3. The maximum Gasteiger partial charge on any atom is 0.0244 e. The molecule has 0 aromatic heterocycles.